The third-order valence-electron chi connectivity index (χ3n) is 5.92. The highest BCUT2D eigenvalue weighted by Crippen LogP contribution is 2.27. The summed E-state index contributed by atoms with van der Waals surface area (Å²) in [4.78, 5) is 16.4. The normalized spacial score (nSPS) is 19.5. The van der Waals surface area contributed by atoms with Crippen LogP contribution < -0.4 is 5.32 Å². The number of nitrogens with one attached hydrogen (secondary N) is 1. The number of piperidine rings is 1. The molecule has 0 bridgehead atoms. The second-order valence-electron chi connectivity index (χ2n) is 8.18. The van der Waals surface area contributed by atoms with Gasteiger partial charge in [-0.2, -0.15) is 0 Å². The molecule has 0 saturated carbocycles. The summed E-state index contributed by atoms with van der Waals surface area (Å²) in [5.41, 5.74) is 2.42. The van der Waals surface area contributed by atoms with E-state index in [1.807, 2.05) is 12.5 Å². The lowest BCUT2D eigenvalue weighted by molar-refractivity contribution is 0.189. The molecular formula is C24H32N6S. The second kappa shape index (κ2) is 10.6. The number of thiazole rings is 1. The summed E-state index contributed by atoms with van der Waals surface area (Å²) in [6.07, 6.45) is 9.02. The smallest absolute Gasteiger partial charge is 0.194 e. The fourth-order valence-electron chi connectivity index (χ4n) is 4.11. The number of benzene rings is 1. The maximum Gasteiger partial charge on any atom is 0.194 e. The monoisotopic (exact) mass is 436 g/mol. The number of rotatable bonds is 7. The van der Waals surface area contributed by atoms with Crippen LogP contribution in [0.5, 0.6) is 0 Å². The lowest BCUT2D eigenvalue weighted by Crippen LogP contribution is -2.49. The Morgan fingerprint density at radius 3 is 2.90 bits per heavy atom. The second-order valence-corrected chi connectivity index (χ2v) is 9.12. The van der Waals surface area contributed by atoms with Crippen LogP contribution in [0.4, 0.5) is 0 Å². The van der Waals surface area contributed by atoms with E-state index < -0.39 is 0 Å². The van der Waals surface area contributed by atoms with Gasteiger partial charge >= 0.3 is 0 Å². The van der Waals surface area contributed by atoms with Crippen molar-refractivity contribution in [2.75, 3.05) is 19.6 Å². The number of hydrogen-bond acceptors (Lipinski definition) is 4. The number of imidazole rings is 1. The number of aromatic nitrogens is 3. The van der Waals surface area contributed by atoms with Gasteiger partial charge < -0.3 is 14.8 Å². The van der Waals surface area contributed by atoms with Crippen molar-refractivity contribution in [3.05, 3.63) is 70.7 Å². The topological polar surface area (TPSA) is 58.3 Å². The van der Waals surface area contributed by atoms with Gasteiger partial charge in [-0.1, -0.05) is 37.3 Å². The van der Waals surface area contributed by atoms with Crippen molar-refractivity contribution in [1.29, 1.82) is 0 Å². The lowest BCUT2D eigenvalue weighted by Gasteiger charge is -2.39. The van der Waals surface area contributed by atoms with E-state index in [4.69, 9.17) is 9.98 Å². The molecule has 6 nitrogen and oxygen atoms in total. The largest absolute Gasteiger partial charge is 0.357 e. The van der Waals surface area contributed by atoms with Gasteiger partial charge in [-0.15, -0.1) is 11.3 Å². The van der Waals surface area contributed by atoms with E-state index in [1.54, 1.807) is 11.3 Å². The van der Waals surface area contributed by atoms with Gasteiger partial charge in [-0.05, 0) is 31.2 Å². The Kier molecular flexibility index (Phi) is 7.35. The average molecular weight is 437 g/mol. The molecule has 0 aliphatic carbocycles. The first kappa shape index (κ1) is 21.6. The molecule has 2 atom stereocenters. The Morgan fingerprint density at radius 1 is 1.26 bits per heavy atom. The van der Waals surface area contributed by atoms with E-state index >= 15 is 0 Å². The molecule has 1 aliphatic rings. The Hall–Kier alpha value is -2.67. The zero-order valence-corrected chi connectivity index (χ0v) is 19.3. The van der Waals surface area contributed by atoms with Gasteiger partial charge in [-0.3, -0.25) is 0 Å². The molecule has 0 amide bonds. The van der Waals surface area contributed by atoms with E-state index in [1.165, 1.54) is 10.6 Å². The van der Waals surface area contributed by atoms with Crippen LogP contribution in [0.15, 0.2) is 59.4 Å². The van der Waals surface area contributed by atoms with Crippen LogP contribution in [0.3, 0.4) is 0 Å². The molecule has 4 rings (SSSR count). The Labute approximate surface area is 189 Å². The molecule has 2 unspecified atom stereocenters. The van der Waals surface area contributed by atoms with Crippen LogP contribution in [0, 0.1) is 5.92 Å². The van der Waals surface area contributed by atoms with Crippen LogP contribution in [0.2, 0.25) is 0 Å². The van der Waals surface area contributed by atoms with Gasteiger partial charge in [0.25, 0.3) is 0 Å². The predicted octanol–water partition coefficient (Wildman–Crippen LogP) is 4.17. The molecule has 1 fully saturated rings. The van der Waals surface area contributed by atoms with Crippen molar-refractivity contribution in [3.8, 4) is 0 Å². The van der Waals surface area contributed by atoms with Crippen molar-refractivity contribution < 1.29 is 0 Å². The number of aliphatic imine (C=N–C) groups is 1. The minimum Gasteiger partial charge on any atom is -0.357 e. The maximum atomic E-state index is 4.93. The van der Waals surface area contributed by atoms with Gasteiger partial charge in [0.2, 0.25) is 0 Å². The van der Waals surface area contributed by atoms with E-state index in [9.17, 15) is 0 Å². The van der Waals surface area contributed by atoms with Crippen LogP contribution in [-0.4, -0.2) is 45.0 Å². The summed E-state index contributed by atoms with van der Waals surface area (Å²) in [5.74, 6) is 1.61. The molecule has 0 spiro atoms. The molecule has 3 aromatic rings. The Balaban J connectivity index is 1.38. The molecule has 1 N–H and O–H groups in total. The first-order valence-corrected chi connectivity index (χ1v) is 12.1. The van der Waals surface area contributed by atoms with Crippen molar-refractivity contribution in [2.45, 2.75) is 45.7 Å². The number of nitrogens with zero attached hydrogens (tertiary/aromatic N) is 5. The van der Waals surface area contributed by atoms with Gasteiger partial charge in [0.15, 0.2) is 5.96 Å². The number of aryl methyl sites for hydroxylation is 2. The summed E-state index contributed by atoms with van der Waals surface area (Å²) in [6, 6.07) is 11.0. The molecule has 1 aliphatic heterocycles. The molecule has 1 aromatic carbocycles. The molecule has 2 aromatic heterocycles. The maximum absolute atomic E-state index is 4.93. The summed E-state index contributed by atoms with van der Waals surface area (Å²) in [5, 5.41) is 6.82. The van der Waals surface area contributed by atoms with Crippen LogP contribution in [0.1, 0.15) is 42.6 Å². The Bertz CT molecular complexity index is 950. The number of likely N-dealkylation sites (tertiary alicyclic amines) is 1. The summed E-state index contributed by atoms with van der Waals surface area (Å²) < 4.78 is 2.24. The fraction of sp³-hybridized carbons (Fsp3) is 0.458. The lowest BCUT2D eigenvalue weighted by atomic mass is 9.93. The van der Waals surface area contributed by atoms with E-state index in [0.29, 0.717) is 18.5 Å². The van der Waals surface area contributed by atoms with Crippen molar-refractivity contribution in [1.82, 2.24) is 24.8 Å². The average Bonchev–Trinajstić information content (AvgIpc) is 3.49. The van der Waals surface area contributed by atoms with Gasteiger partial charge in [0.05, 0.1) is 29.6 Å². The summed E-state index contributed by atoms with van der Waals surface area (Å²) >= 11 is 1.74. The summed E-state index contributed by atoms with van der Waals surface area (Å²) in [7, 11) is 0. The van der Waals surface area contributed by atoms with E-state index in [2.05, 4.69) is 75.5 Å². The molecule has 31 heavy (non-hydrogen) atoms. The molecule has 0 radical (unpaired) electrons. The predicted molar refractivity (Wildman–Crippen MR) is 127 cm³/mol. The number of guanidine groups is 1. The molecular weight excluding hydrogens is 404 g/mol. The SMILES string of the molecule is CCNC(=NCc1csc(CCc2ccccc2)n1)N1CCC(C)C(n2ccnc2)C1. The highest BCUT2D eigenvalue weighted by molar-refractivity contribution is 7.09. The fourth-order valence-corrected chi connectivity index (χ4v) is 4.90. The third kappa shape index (κ3) is 5.73. The van der Waals surface area contributed by atoms with E-state index in [-0.39, 0.29) is 0 Å². The van der Waals surface area contributed by atoms with Crippen LogP contribution in [-0.2, 0) is 19.4 Å². The van der Waals surface area contributed by atoms with Crippen LogP contribution in [0.25, 0.3) is 0 Å². The molecule has 7 heteroatoms. The minimum absolute atomic E-state index is 0.420. The molecule has 164 valence electrons. The molecule has 1 saturated heterocycles. The van der Waals surface area contributed by atoms with Crippen molar-refractivity contribution >= 4 is 17.3 Å². The minimum atomic E-state index is 0.420. The van der Waals surface area contributed by atoms with Gasteiger partial charge in [0, 0.05) is 43.8 Å². The highest BCUT2D eigenvalue weighted by atomic mass is 32.1. The van der Waals surface area contributed by atoms with Gasteiger partial charge in [-0.25, -0.2) is 15.0 Å². The van der Waals surface area contributed by atoms with Crippen molar-refractivity contribution in [2.24, 2.45) is 10.9 Å². The van der Waals surface area contributed by atoms with E-state index in [0.717, 1.165) is 50.6 Å². The molecule has 3 heterocycles. The van der Waals surface area contributed by atoms with Crippen LogP contribution >= 0.6 is 11.3 Å². The third-order valence-corrected chi connectivity index (χ3v) is 6.88. The quantitative estimate of drug-likeness (QED) is 0.446. The Morgan fingerprint density at radius 2 is 2.13 bits per heavy atom. The zero-order valence-electron chi connectivity index (χ0n) is 18.4. The zero-order chi connectivity index (χ0) is 21.5. The highest BCUT2D eigenvalue weighted by Gasteiger charge is 2.28. The summed E-state index contributed by atoms with van der Waals surface area (Å²) in [6.45, 7) is 7.91. The van der Waals surface area contributed by atoms with Crippen molar-refractivity contribution in [3.63, 3.8) is 0 Å². The first-order valence-electron chi connectivity index (χ1n) is 11.2. The first-order chi connectivity index (χ1) is 15.2. The van der Waals surface area contributed by atoms with Gasteiger partial charge in [0.1, 0.15) is 0 Å². The number of hydrogen-bond donors (Lipinski definition) is 1. The standard InChI is InChI=1S/C24H32N6S/c1-3-26-24(29-13-11-19(2)22(16-29)30-14-12-25-18-30)27-15-21-17-31-23(28-21)10-9-20-7-5-4-6-8-20/h4-8,12,14,17-19,22H,3,9-11,13,15-16H2,1-2H3,(H,26,27).